The number of benzene rings is 2. The predicted octanol–water partition coefficient (Wildman–Crippen LogP) is 4.26. The Hall–Kier alpha value is -4.70. The summed E-state index contributed by atoms with van der Waals surface area (Å²) in [6.07, 6.45) is 1.52. The number of imide groups is 1. The number of furan rings is 1. The van der Waals surface area contributed by atoms with Crippen molar-refractivity contribution >= 4 is 23.3 Å². The Kier molecular flexibility index (Phi) is 4.12. The van der Waals surface area contributed by atoms with Gasteiger partial charge in [0.2, 0.25) is 0 Å². The van der Waals surface area contributed by atoms with Crippen LogP contribution in [0.2, 0.25) is 0 Å². The van der Waals surface area contributed by atoms with Crippen LogP contribution < -0.4 is 10.6 Å². The lowest BCUT2D eigenvalue weighted by Crippen LogP contribution is -2.29. The van der Waals surface area contributed by atoms with E-state index in [1.807, 2.05) is 0 Å². The van der Waals surface area contributed by atoms with Crippen molar-refractivity contribution in [2.24, 2.45) is 0 Å². The summed E-state index contributed by atoms with van der Waals surface area (Å²) in [6, 6.07) is 20.9. The zero-order chi connectivity index (χ0) is 21.5. The minimum Gasteiger partial charge on any atom is -0.464 e. The van der Waals surface area contributed by atoms with E-state index >= 15 is 0 Å². The van der Waals surface area contributed by atoms with Gasteiger partial charge in [0.25, 0.3) is 11.8 Å². The van der Waals surface area contributed by atoms with Crippen molar-refractivity contribution in [3.8, 4) is 28.7 Å². The van der Waals surface area contributed by atoms with Gasteiger partial charge >= 0.3 is 0 Å². The molecular weight excluding hydrogens is 392 g/mol. The summed E-state index contributed by atoms with van der Waals surface area (Å²) in [4.78, 5) is 30.9. The van der Waals surface area contributed by atoms with Gasteiger partial charge in [0.1, 0.15) is 23.2 Å². The van der Waals surface area contributed by atoms with Crippen molar-refractivity contribution in [2.75, 3.05) is 10.6 Å². The molecule has 0 saturated carbocycles. The van der Waals surface area contributed by atoms with Crippen molar-refractivity contribution in [2.45, 2.75) is 0 Å². The van der Waals surface area contributed by atoms with Crippen LogP contribution >= 0.6 is 0 Å². The maximum atomic E-state index is 12.7. The number of nitrogens with zero attached hydrogens (tertiary/aromatic N) is 3. The standard InChI is InChI=1S/C24H14N4O3/c25-13-19-18(21-6-3-11-31-21)12-20(27-22(19)26)14-7-9-15(10-8-14)28-23(29)16-4-1-2-5-17(16)24(28)30/h1-12H,(H2,26,27). The van der Waals surface area contributed by atoms with Gasteiger partial charge in [-0.05, 0) is 42.5 Å². The number of hydrogen-bond donors (Lipinski definition) is 1. The van der Waals surface area contributed by atoms with Gasteiger partial charge in [0, 0.05) is 11.1 Å². The molecule has 2 amide bonds. The highest BCUT2D eigenvalue weighted by atomic mass is 16.3. The molecule has 0 atom stereocenters. The van der Waals surface area contributed by atoms with E-state index in [-0.39, 0.29) is 23.2 Å². The van der Waals surface area contributed by atoms with E-state index in [1.54, 1.807) is 66.7 Å². The van der Waals surface area contributed by atoms with Crippen LogP contribution in [0.3, 0.4) is 0 Å². The molecule has 3 heterocycles. The Morgan fingerprint density at radius 2 is 1.58 bits per heavy atom. The number of aromatic nitrogens is 1. The summed E-state index contributed by atoms with van der Waals surface area (Å²) in [7, 11) is 0. The van der Waals surface area contributed by atoms with Gasteiger partial charge in [-0.25, -0.2) is 9.88 Å². The van der Waals surface area contributed by atoms with E-state index in [4.69, 9.17) is 10.2 Å². The van der Waals surface area contributed by atoms with Crippen molar-refractivity contribution in [3.05, 3.63) is 89.7 Å². The summed E-state index contributed by atoms with van der Waals surface area (Å²) in [5.41, 5.74) is 9.29. The van der Waals surface area contributed by atoms with Gasteiger partial charge in [0.15, 0.2) is 0 Å². The van der Waals surface area contributed by atoms with Crippen LogP contribution in [0.1, 0.15) is 26.3 Å². The van der Waals surface area contributed by atoms with Gasteiger partial charge < -0.3 is 10.2 Å². The molecule has 0 radical (unpaired) electrons. The van der Waals surface area contributed by atoms with Crippen LogP contribution in [0.5, 0.6) is 0 Å². The number of pyridine rings is 1. The van der Waals surface area contributed by atoms with E-state index in [1.165, 1.54) is 6.26 Å². The molecule has 2 aromatic heterocycles. The van der Waals surface area contributed by atoms with E-state index in [9.17, 15) is 14.9 Å². The van der Waals surface area contributed by atoms with Gasteiger partial charge in [-0.1, -0.05) is 24.3 Å². The minimum atomic E-state index is -0.353. The molecule has 31 heavy (non-hydrogen) atoms. The van der Waals surface area contributed by atoms with Gasteiger partial charge in [-0.2, -0.15) is 5.26 Å². The number of amides is 2. The fraction of sp³-hybridized carbons (Fsp3) is 0. The van der Waals surface area contributed by atoms with Crippen LogP contribution in [0.4, 0.5) is 11.5 Å². The van der Waals surface area contributed by atoms with Gasteiger partial charge in [0.05, 0.1) is 28.8 Å². The fourth-order valence-electron chi connectivity index (χ4n) is 3.66. The molecule has 4 aromatic rings. The number of carbonyl (C=O) groups is 2. The second-order valence-corrected chi connectivity index (χ2v) is 6.94. The van der Waals surface area contributed by atoms with Gasteiger partial charge in [-0.15, -0.1) is 0 Å². The summed E-state index contributed by atoms with van der Waals surface area (Å²) < 4.78 is 5.43. The Labute approximate surface area is 177 Å². The number of anilines is 2. The Morgan fingerprint density at radius 3 is 2.16 bits per heavy atom. The Morgan fingerprint density at radius 1 is 0.903 bits per heavy atom. The summed E-state index contributed by atoms with van der Waals surface area (Å²) in [5.74, 6) is -0.103. The van der Waals surface area contributed by atoms with Crippen LogP contribution in [0.15, 0.2) is 77.4 Å². The van der Waals surface area contributed by atoms with Crippen LogP contribution in [-0.4, -0.2) is 16.8 Å². The lowest BCUT2D eigenvalue weighted by Gasteiger charge is -2.14. The first-order valence-electron chi connectivity index (χ1n) is 9.41. The molecule has 7 heteroatoms. The number of rotatable bonds is 3. The normalized spacial score (nSPS) is 12.7. The molecule has 7 nitrogen and oxygen atoms in total. The Balaban J connectivity index is 1.53. The molecule has 0 fully saturated rings. The van der Waals surface area contributed by atoms with Crippen LogP contribution in [0, 0.1) is 11.3 Å². The molecule has 2 N–H and O–H groups in total. The average molecular weight is 406 g/mol. The van der Waals surface area contributed by atoms with Crippen molar-refractivity contribution in [3.63, 3.8) is 0 Å². The monoisotopic (exact) mass is 406 g/mol. The topological polar surface area (TPSA) is 113 Å². The number of carbonyl (C=O) groups excluding carboxylic acids is 2. The third-order valence-electron chi connectivity index (χ3n) is 5.16. The molecule has 0 saturated heterocycles. The zero-order valence-electron chi connectivity index (χ0n) is 16.1. The second-order valence-electron chi connectivity index (χ2n) is 6.94. The van der Waals surface area contributed by atoms with E-state index in [0.29, 0.717) is 39.4 Å². The van der Waals surface area contributed by atoms with E-state index in [0.717, 1.165) is 4.90 Å². The second kappa shape index (κ2) is 6.97. The quantitative estimate of drug-likeness (QED) is 0.509. The molecule has 0 unspecified atom stereocenters. The molecule has 1 aliphatic rings. The lowest BCUT2D eigenvalue weighted by atomic mass is 10.0. The smallest absolute Gasteiger partial charge is 0.266 e. The zero-order valence-corrected chi connectivity index (χ0v) is 16.1. The predicted molar refractivity (Wildman–Crippen MR) is 114 cm³/mol. The summed E-state index contributed by atoms with van der Waals surface area (Å²) in [6.45, 7) is 0. The molecule has 0 aliphatic carbocycles. The third-order valence-corrected chi connectivity index (χ3v) is 5.16. The largest absolute Gasteiger partial charge is 0.464 e. The maximum Gasteiger partial charge on any atom is 0.266 e. The highest BCUT2D eigenvalue weighted by Gasteiger charge is 2.36. The van der Waals surface area contributed by atoms with Crippen LogP contribution in [-0.2, 0) is 0 Å². The first-order chi connectivity index (χ1) is 15.1. The van der Waals surface area contributed by atoms with Crippen LogP contribution in [0.25, 0.3) is 22.6 Å². The van der Waals surface area contributed by atoms with Gasteiger partial charge in [-0.3, -0.25) is 9.59 Å². The molecule has 2 aromatic carbocycles. The number of nitrogen functional groups attached to an aromatic ring is 1. The molecule has 1 aliphatic heterocycles. The molecule has 148 valence electrons. The molecule has 0 bridgehead atoms. The van der Waals surface area contributed by atoms with E-state index in [2.05, 4.69) is 11.1 Å². The first kappa shape index (κ1) is 18.3. The minimum absolute atomic E-state index is 0.0934. The SMILES string of the molecule is N#Cc1c(-c2ccco2)cc(-c2ccc(N3C(=O)c4ccccc4C3=O)cc2)nc1N. The molecule has 0 spiro atoms. The van der Waals surface area contributed by atoms with Crippen molar-refractivity contribution in [1.82, 2.24) is 4.98 Å². The maximum absolute atomic E-state index is 12.7. The first-order valence-corrected chi connectivity index (χ1v) is 9.41. The number of hydrogen-bond acceptors (Lipinski definition) is 6. The Bertz CT molecular complexity index is 1350. The summed E-state index contributed by atoms with van der Waals surface area (Å²) >= 11 is 0. The van der Waals surface area contributed by atoms with Crippen molar-refractivity contribution in [1.29, 1.82) is 5.26 Å². The van der Waals surface area contributed by atoms with E-state index < -0.39 is 0 Å². The highest BCUT2D eigenvalue weighted by molar-refractivity contribution is 6.34. The molecule has 5 rings (SSSR count). The average Bonchev–Trinajstić information content (AvgIpc) is 3.41. The molecular formula is C24H14N4O3. The number of fused-ring (bicyclic) bond motifs is 1. The summed E-state index contributed by atoms with van der Waals surface area (Å²) in [5, 5.41) is 9.46. The van der Waals surface area contributed by atoms with Crippen molar-refractivity contribution < 1.29 is 14.0 Å². The highest BCUT2D eigenvalue weighted by Crippen LogP contribution is 2.33. The lowest BCUT2D eigenvalue weighted by molar-refractivity contribution is 0.0926. The third kappa shape index (κ3) is 2.86. The fourth-order valence-corrected chi connectivity index (χ4v) is 3.66. The number of nitrogens with two attached hydrogens (primary N) is 1. The number of nitriles is 1.